The van der Waals surface area contributed by atoms with Crippen LogP contribution >= 0.6 is 0 Å². The van der Waals surface area contributed by atoms with E-state index >= 15 is 0 Å². The Hall–Kier alpha value is -1.05. The van der Waals surface area contributed by atoms with Gasteiger partial charge >= 0.3 is 5.97 Å². The predicted molar refractivity (Wildman–Crippen MR) is 50.0 cm³/mol. The molecule has 0 unspecified atom stereocenters. The number of carboxylic acids is 1. The Morgan fingerprint density at radius 2 is 1.92 bits per heavy atom. The normalized spacial score (nSPS) is 12.9. The lowest BCUT2D eigenvalue weighted by atomic mass is 9.92. The van der Waals surface area contributed by atoms with E-state index in [1.807, 2.05) is 6.08 Å². The van der Waals surface area contributed by atoms with Crippen LogP contribution in [0.15, 0.2) is 24.3 Å². The smallest absolute Gasteiger partial charge is 0.328 e. The number of carbonyl (C=O) groups is 1. The van der Waals surface area contributed by atoms with E-state index in [0.717, 1.165) is 12.5 Å². The Kier molecular flexibility index (Phi) is 4.34. The quantitative estimate of drug-likeness (QED) is 0.519. The van der Waals surface area contributed by atoms with E-state index in [1.165, 1.54) is 6.08 Å². The summed E-state index contributed by atoms with van der Waals surface area (Å²) in [4.78, 5) is 10.0. The molecule has 0 radical (unpaired) electrons. The van der Waals surface area contributed by atoms with Gasteiger partial charge in [0.1, 0.15) is 0 Å². The first kappa shape index (κ1) is 11.0. The van der Waals surface area contributed by atoms with Crippen LogP contribution in [-0.4, -0.2) is 11.1 Å². The van der Waals surface area contributed by atoms with E-state index in [9.17, 15) is 4.79 Å². The molecule has 0 bridgehead atoms. The van der Waals surface area contributed by atoms with Crippen molar-refractivity contribution in [1.29, 1.82) is 0 Å². The minimum absolute atomic E-state index is 0.271. The van der Waals surface area contributed by atoms with Gasteiger partial charge in [0.15, 0.2) is 0 Å². The second kappa shape index (κ2) is 4.75. The SMILES string of the molecule is CC(C)(C)CC=CC=CC(=O)O. The lowest BCUT2D eigenvalue weighted by molar-refractivity contribution is -0.131. The Morgan fingerprint density at radius 1 is 1.33 bits per heavy atom. The standard InChI is InChI=1S/C10H16O2/c1-10(2,3)8-6-4-5-7-9(11)12/h4-7H,8H2,1-3H3,(H,11,12). The van der Waals surface area contributed by atoms with Gasteiger partial charge in [-0.1, -0.05) is 39.0 Å². The van der Waals surface area contributed by atoms with Gasteiger partial charge in [-0.15, -0.1) is 0 Å². The summed E-state index contributed by atoms with van der Waals surface area (Å²) in [5, 5.41) is 8.25. The molecule has 12 heavy (non-hydrogen) atoms. The zero-order valence-corrected chi connectivity index (χ0v) is 7.87. The summed E-state index contributed by atoms with van der Waals surface area (Å²) < 4.78 is 0. The van der Waals surface area contributed by atoms with Crippen LogP contribution in [0.25, 0.3) is 0 Å². The highest BCUT2D eigenvalue weighted by Crippen LogP contribution is 2.18. The van der Waals surface area contributed by atoms with Gasteiger partial charge in [0.25, 0.3) is 0 Å². The van der Waals surface area contributed by atoms with Crippen LogP contribution in [0.3, 0.4) is 0 Å². The van der Waals surface area contributed by atoms with Crippen molar-refractivity contribution >= 4 is 5.97 Å². The van der Waals surface area contributed by atoms with Gasteiger partial charge in [-0.3, -0.25) is 0 Å². The Bertz CT molecular complexity index is 194. The third-order valence-corrected chi connectivity index (χ3v) is 1.22. The van der Waals surface area contributed by atoms with Crippen molar-refractivity contribution in [3.63, 3.8) is 0 Å². The molecule has 2 nitrogen and oxygen atoms in total. The Morgan fingerprint density at radius 3 is 2.33 bits per heavy atom. The molecule has 0 aliphatic heterocycles. The molecule has 0 aromatic heterocycles. The lowest BCUT2D eigenvalue weighted by Crippen LogP contribution is -2.01. The molecular weight excluding hydrogens is 152 g/mol. The first-order chi connectivity index (χ1) is 5.42. The molecule has 0 fully saturated rings. The third kappa shape index (κ3) is 8.95. The summed E-state index contributed by atoms with van der Waals surface area (Å²) in [6.45, 7) is 6.41. The van der Waals surface area contributed by atoms with Gasteiger partial charge in [0.05, 0.1) is 0 Å². The maximum atomic E-state index is 10.0. The molecule has 0 amide bonds. The summed E-state index contributed by atoms with van der Waals surface area (Å²) >= 11 is 0. The van der Waals surface area contributed by atoms with Crippen molar-refractivity contribution in [2.24, 2.45) is 5.41 Å². The predicted octanol–water partition coefficient (Wildman–Crippen LogP) is 2.62. The molecule has 0 aromatic rings. The van der Waals surface area contributed by atoms with Crippen molar-refractivity contribution in [2.75, 3.05) is 0 Å². The van der Waals surface area contributed by atoms with E-state index in [1.54, 1.807) is 6.08 Å². The average molecular weight is 168 g/mol. The number of rotatable bonds is 3. The van der Waals surface area contributed by atoms with Crippen LogP contribution in [0.4, 0.5) is 0 Å². The zero-order valence-electron chi connectivity index (χ0n) is 7.87. The lowest BCUT2D eigenvalue weighted by Gasteiger charge is -2.13. The molecule has 2 heteroatoms. The molecule has 0 spiro atoms. The molecule has 0 rings (SSSR count). The van der Waals surface area contributed by atoms with Crippen LogP contribution in [0.1, 0.15) is 27.2 Å². The number of aliphatic carboxylic acids is 1. The summed E-state index contributed by atoms with van der Waals surface area (Å²) in [7, 11) is 0. The largest absolute Gasteiger partial charge is 0.478 e. The average Bonchev–Trinajstić information content (AvgIpc) is 1.83. The monoisotopic (exact) mass is 168 g/mol. The van der Waals surface area contributed by atoms with Gasteiger partial charge in [0.2, 0.25) is 0 Å². The van der Waals surface area contributed by atoms with Crippen molar-refractivity contribution in [3.8, 4) is 0 Å². The molecule has 68 valence electrons. The molecule has 0 aliphatic carbocycles. The fourth-order valence-corrected chi connectivity index (χ4v) is 0.638. The van der Waals surface area contributed by atoms with Crippen LogP contribution in [0.5, 0.6) is 0 Å². The summed E-state index contributed by atoms with van der Waals surface area (Å²) in [6.07, 6.45) is 7.35. The molecule has 0 heterocycles. The highest BCUT2D eigenvalue weighted by molar-refractivity contribution is 5.80. The summed E-state index contributed by atoms with van der Waals surface area (Å²) in [5.74, 6) is -0.907. The number of hydrogen-bond acceptors (Lipinski definition) is 1. The molecular formula is C10H16O2. The highest BCUT2D eigenvalue weighted by atomic mass is 16.4. The summed E-state index contributed by atoms with van der Waals surface area (Å²) in [6, 6.07) is 0. The van der Waals surface area contributed by atoms with Gasteiger partial charge < -0.3 is 5.11 Å². The van der Waals surface area contributed by atoms with Crippen LogP contribution in [0, 0.1) is 5.41 Å². The maximum absolute atomic E-state index is 10.0. The van der Waals surface area contributed by atoms with E-state index in [2.05, 4.69) is 20.8 Å². The Balaban J connectivity index is 3.72. The van der Waals surface area contributed by atoms with Crippen LogP contribution in [0.2, 0.25) is 0 Å². The number of carboxylic acid groups (broad SMARTS) is 1. The topological polar surface area (TPSA) is 37.3 Å². The summed E-state index contributed by atoms with van der Waals surface area (Å²) in [5.41, 5.74) is 0.271. The second-order valence-corrected chi connectivity index (χ2v) is 3.89. The van der Waals surface area contributed by atoms with Gasteiger partial charge in [-0.2, -0.15) is 0 Å². The van der Waals surface area contributed by atoms with Gasteiger partial charge in [-0.25, -0.2) is 4.79 Å². The van der Waals surface area contributed by atoms with Gasteiger partial charge in [-0.05, 0) is 11.8 Å². The molecule has 0 saturated carbocycles. The number of allylic oxidation sites excluding steroid dienone is 3. The first-order valence-corrected chi connectivity index (χ1v) is 3.98. The van der Waals surface area contributed by atoms with Crippen molar-refractivity contribution in [1.82, 2.24) is 0 Å². The number of hydrogen-bond donors (Lipinski definition) is 1. The second-order valence-electron chi connectivity index (χ2n) is 3.89. The molecule has 0 aliphatic rings. The molecule has 0 saturated heterocycles. The fourth-order valence-electron chi connectivity index (χ4n) is 0.638. The van der Waals surface area contributed by atoms with Crippen LogP contribution in [-0.2, 0) is 4.79 Å². The molecule has 1 N–H and O–H groups in total. The van der Waals surface area contributed by atoms with E-state index in [4.69, 9.17) is 5.11 Å². The maximum Gasteiger partial charge on any atom is 0.328 e. The van der Waals surface area contributed by atoms with E-state index in [-0.39, 0.29) is 5.41 Å². The zero-order chi connectivity index (χ0) is 9.61. The van der Waals surface area contributed by atoms with E-state index < -0.39 is 5.97 Å². The minimum atomic E-state index is -0.907. The third-order valence-electron chi connectivity index (χ3n) is 1.22. The molecule has 0 aromatic carbocycles. The van der Waals surface area contributed by atoms with E-state index in [0.29, 0.717) is 0 Å². The minimum Gasteiger partial charge on any atom is -0.478 e. The van der Waals surface area contributed by atoms with Crippen molar-refractivity contribution in [2.45, 2.75) is 27.2 Å². The first-order valence-electron chi connectivity index (χ1n) is 3.98. The Labute approximate surface area is 73.6 Å². The fraction of sp³-hybridized carbons (Fsp3) is 0.500. The highest BCUT2D eigenvalue weighted by Gasteiger charge is 2.05. The van der Waals surface area contributed by atoms with Crippen molar-refractivity contribution in [3.05, 3.63) is 24.3 Å². The molecule has 0 atom stereocenters. The van der Waals surface area contributed by atoms with Crippen molar-refractivity contribution < 1.29 is 9.90 Å². The van der Waals surface area contributed by atoms with Gasteiger partial charge in [0, 0.05) is 6.08 Å². The van der Waals surface area contributed by atoms with Crippen LogP contribution < -0.4 is 0 Å².